The number of rotatable bonds is 5. The summed E-state index contributed by atoms with van der Waals surface area (Å²) in [5.74, 6) is 0. The third kappa shape index (κ3) is 5.00. The maximum absolute atomic E-state index is 10.3. The molecule has 0 spiro atoms. The Morgan fingerprint density at radius 1 is 1.32 bits per heavy atom. The van der Waals surface area contributed by atoms with Crippen LogP contribution in [0, 0.1) is 0 Å². The van der Waals surface area contributed by atoms with Gasteiger partial charge in [0.05, 0.1) is 6.10 Å². The summed E-state index contributed by atoms with van der Waals surface area (Å²) >= 11 is 0. The number of aliphatic hydroxyl groups is 1. The second kappa shape index (κ2) is 7.55. The van der Waals surface area contributed by atoms with Crippen LogP contribution in [0.25, 0.3) is 0 Å². The minimum Gasteiger partial charge on any atom is -0.390 e. The maximum atomic E-state index is 10.3. The third-order valence-electron chi connectivity index (χ3n) is 4.40. The minimum atomic E-state index is -0.227. The summed E-state index contributed by atoms with van der Waals surface area (Å²) < 4.78 is 0. The molecular formula is C14H30N4O. The summed E-state index contributed by atoms with van der Waals surface area (Å²) in [6, 6.07) is 0.608. The summed E-state index contributed by atoms with van der Waals surface area (Å²) in [6.07, 6.45) is 2.32. The molecule has 2 atom stereocenters. The minimum absolute atomic E-state index is 0.227. The molecule has 0 saturated carbocycles. The quantitative estimate of drug-likeness (QED) is 0.690. The molecule has 5 nitrogen and oxygen atoms in total. The zero-order chi connectivity index (χ0) is 13.7. The van der Waals surface area contributed by atoms with Crippen LogP contribution in [0.4, 0.5) is 0 Å². The standard InChI is InChI=1S/C14H30N4O/c1-16-7-3-4-13(10-16)17(2)11-14(19)12-18-8-5-15-6-9-18/h13-15,19H,3-12H2,1-2H3. The first kappa shape index (κ1) is 15.2. The van der Waals surface area contributed by atoms with Crippen LogP contribution in [-0.4, -0.2) is 98.4 Å². The van der Waals surface area contributed by atoms with E-state index in [1.165, 1.54) is 19.4 Å². The van der Waals surface area contributed by atoms with Crippen molar-refractivity contribution in [1.29, 1.82) is 0 Å². The summed E-state index contributed by atoms with van der Waals surface area (Å²) in [6.45, 7) is 8.19. The van der Waals surface area contributed by atoms with Crippen molar-refractivity contribution in [3.63, 3.8) is 0 Å². The first-order valence-corrected chi connectivity index (χ1v) is 7.65. The van der Waals surface area contributed by atoms with E-state index < -0.39 is 0 Å². The van der Waals surface area contributed by atoms with Crippen molar-refractivity contribution in [1.82, 2.24) is 20.0 Å². The van der Waals surface area contributed by atoms with Gasteiger partial charge in [0.15, 0.2) is 0 Å². The van der Waals surface area contributed by atoms with Gasteiger partial charge in [-0.3, -0.25) is 9.80 Å². The summed E-state index contributed by atoms with van der Waals surface area (Å²) in [5, 5.41) is 13.6. The number of nitrogens with zero attached hydrogens (tertiary/aromatic N) is 3. The van der Waals surface area contributed by atoms with E-state index in [-0.39, 0.29) is 6.10 Å². The highest BCUT2D eigenvalue weighted by Crippen LogP contribution is 2.13. The molecule has 2 saturated heterocycles. The van der Waals surface area contributed by atoms with E-state index in [1.54, 1.807) is 0 Å². The van der Waals surface area contributed by atoms with Gasteiger partial charge in [-0.05, 0) is 33.5 Å². The number of piperidine rings is 1. The van der Waals surface area contributed by atoms with Gasteiger partial charge in [0.25, 0.3) is 0 Å². The Labute approximate surface area is 117 Å². The molecule has 19 heavy (non-hydrogen) atoms. The van der Waals surface area contributed by atoms with Crippen LogP contribution < -0.4 is 5.32 Å². The Balaban J connectivity index is 1.69. The number of hydrogen-bond acceptors (Lipinski definition) is 5. The average molecular weight is 270 g/mol. The molecule has 0 aliphatic carbocycles. The van der Waals surface area contributed by atoms with Gasteiger partial charge >= 0.3 is 0 Å². The predicted octanol–water partition coefficient (Wildman–Crippen LogP) is -0.721. The van der Waals surface area contributed by atoms with Crippen LogP contribution in [0.2, 0.25) is 0 Å². The Bertz CT molecular complexity index is 258. The molecule has 0 bridgehead atoms. The highest BCUT2D eigenvalue weighted by Gasteiger charge is 2.23. The topological polar surface area (TPSA) is 42.0 Å². The Morgan fingerprint density at radius 3 is 2.74 bits per heavy atom. The van der Waals surface area contributed by atoms with Crippen molar-refractivity contribution in [2.45, 2.75) is 25.0 Å². The van der Waals surface area contributed by atoms with Gasteiger partial charge < -0.3 is 15.3 Å². The average Bonchev–Trinajstić information content (AvgIpc) is 2.39. The summed E-state index contributed by atoms with van der Waals surface area (Å²) in [5.41, 5.74) is 0. The van der Waals surface area contributed by atoms with Crippen LogP contribution in [0.3, 0.4) is 0 Å². The lowest BCUT2D eigenvalue weighted by Crippen LogP contribution is -2.51. The monoisotopic (exact) mass is 270 g/mol. The van der Waals surface area contributed by atoms with Crippen molar-refractivity contribution in [3.05, 3.63) is 0 Å². The van der Waals surface area contributed by atoms with Gasteiger partial charge in [-0.15, -0.1) is 0 Å². The highest BCUT2D eigenvalue weighted by molar-refractivity contribution is 4.80. The zero-order valence-electron chi connectivity index (χ0n) is 12.5. The second-order valence-electron chi connectivity index (χ2n) is 6.20. The molecule has 0 radical (unpaired) electrons. The van der Waals surface area contributed by atoms with Crippen molar-refractivity contribution >= 4 is 0 Å². The number of hydrogen-bond donors (Lipinski definition) is 2. The lowest BCUT2D eigenvalue weighted by Gasteiger charge is -2.37. The Hall–Kier alpha value is -0.200. The van der Waals surface area contributed by atoms with Crippen molar-refractivity contribution in [3.8, 4) is 0 Å². The molecule has 0 aromatic carbocycles. The lowest BCUT2D eigenvalue weighted by atomic mass is 10.0. The normalized spacial score (nSPS) is 28.7. The van der Waals surface area contributed by atoms with E-state index in [0.29, 0.717) is 6.04 Å². The molecule has 2 unspecified atom stereocenters. The molecule has 2 aliphatic heterocycles. The molecule has 2 heterocycles. The third-order valence-corrected chi connectivity index (χ3v) is 4.40. The fraction of sp³-hybridized carbons (Fsp3) is 1.00. The SMILES string of the molecule is CN1CCCC(N(C)CC(O)CN2CCNCC2)C1. The van der Waals surface area contributed by atoms with Gasteiger partial charge in [0.2, 0.25) is 0 Å². The van der Waals surface area contributed by atoms with Crippen LogP contribution in [0.15, 0.2) is 0 Å². The largest absolute Gasteiger partial charge is 0.390 e. The van der Waals surface area contributed by atoms with Gasteiger partial charge in [0.1, 0.15) is 0 Å². The molecule has 0 amide bonds. The summed E-state index contributed by atoms with van der Waals surface area (Å²) in [7, 11) is 4.35. The van der Waals surface area contributed by atoms with Crippen molar-refractivity contribution in [2.75, 3.05) is 66.5 Å². The number of likely N-dealkylation sites (N-methyl/N-ethyl adjacent to an activating group) is 2. The van der Waals surface area contributed by atoms with Gasteiger partial charge in [-0.2, -0.15) is 0 Å². The number of aliphatic hydroxyl groups excluding tert-OH is 1. The van der Waals surface area contributed by atoms with Crippen molar-refractivity contribution in [2.24, 2.45) is 0 Å². The van der Waals surface area contributed by atoms with Gasteiger partial charge in [-0.1, -0.05) is 0 Å². The van der Waals surface area contributed by atoms with E-state index in [4.69, 9.17) is 0 Å². The van der Waals surface area contributed by atoms with Crippen LogP contribution in [-0.2, 0) is 0 Å². The fourth-order valence-corrected chi connectivity index (χ4v) is 3.23. The molecule has 2 fully saturated rings. The zero-order valence-corrected chi connectivity index (χ0v) is 12.5. The van der Waals surface area contributed by atoms with E-state index in [0.717, 1.165) is 45.8 Å². The molecule has 5 heteroatoms. The number of likely N-dealkylation sites (tertiary alicyclic amines) is 1. The molecule has 2 rings (SSSR count). The number of β-amino-alcohol motifs (C(OH)–C–C–N with tert-alkyl or cyclic N) is 1. The number of nitrogens with one attached hydrogen (secondary N) is 1. The van der Waals surface area contributed by atoms with E-state index >= 15 is 0 Å². The molecule has 112 valence electrons. The van der Waals surface area contributed by atoms with Crippen LogP contribution in [0.5, 0.6) is 0 Å². The molecule has 0 aromatic rings. The lowest BCUT2D eigenvalue weighted by molar-refractivity contribution is 0.0489. The fourth-order valence-electron chi connectivity index (χ4n) is 3.23. The van der Waals surface area contributed by atoms with Crippen molar-refractivity contribution < 1.29 is 5.11 Å². The molecular weight excluding hydrogens is 240 g/mol. The molecule has 2 N–H and O–H groups in total. The predicted molar refractivity (Wildman–Crippen MR) is 78.5 cm³/mol. The van der Waals surface area contributed by atoms with Gasteiger partial charge in [0, 0.05) is 51.9 Å². The molecule has 2 aliphatic rings. The first-order valence-electron chi connectivity index (χ1n) is 7.65. The van der Waals surface area contributed by atoms with Crippen LogP contribution >= 0.6 is 0 Å². The maximum Gasteiger partial charge on any atom is 0.0793 e. The smallest absolute Gasteiger partial charge is 0.0793 e. The van der Waals surface area contributed by atoms with E-state index in [2.05, 4.69) is 34.1 Å². The van der Waals surface area contributed by atoms with E-state index in [1.807, 2.05) is 0 Å². The summed E-state index contributed by atoms with van der Waals surface area (Å²) in [4.78, 5) is 7.11. The number of piperazine rings is 1. The Kier molecular flexibility index (Phi) is 6.04. The first-order chi connectivity index (χ1) is 9.15. The van der Waals surface area contributed by atoms with Crippen LogP contribution in [0.1, 0.15) is 12.8 Å². The Morgan fingerprint density at radius 2 is 2.05 bits per heavy atom. The van der Waals surface area contributed by atoms with Gasteiger partial charge in [-0.25, -0.2) is 0 Å². The second-order valence-corrected chi connectivity index (χ2v) is 6.20. The molecule has 0 aromatic heterocycles. The van der Waals surface area contributed by atoms with E-state index in [9.17, 15) is 5.11 Å². The highest BCUT2D eigenvalue weighted by atomic mass is 16.3.